The fraction of sp³-hybridized carbons (Fsp3) is 0.545. The molecule has 0 saturated carbocycles. The maximum absolute atomic E-state index is 12.1. The zero-order valence-corrected chi connectivity index (χ0v) is 20.3. The van der Waals surface area contributed by atoms with Crippen LogP contribution in [-0.4, -0.2) is 75.3 Å². The van der Waals surface area contributed by atoms with Crippen LogP contribution in [0.25, 0.3) is 5.65 Å². The van der Waals surface area contributed by atoms with Crippen molar-refractivity contribution >= 4 is 34.5 Å². The summed E-state index contributed by atoms with van der Waals surface area (Å²) in [6, 6.07) is 1.93. The van der Waals surface area contributed by atoms with Crippen LogP contribution in [0, 0.1) is 5.92 Å². The van der Waals surface area contributed by atoms with E-state index in [4.69, 9.17) is 4.98 Å². The van der Waals surface area contributed by atoms with Crippen molar-refractivity contribution in [1.29, 1.82) is 0 Å². The smallest absolute Gasteiger partial charge is 0.272 e. The van der Waals surface area contributed by atoms with Gasteiger partial charge in [-0.1, -0.05) is 13.8 Å². The third kappa shape index (κ3) is 5.26. The highest BCUT2D eigenvalue weighted by Gasteiger charge is 2.23. The lowest BCUT2D eigenvalue weighted by molar-refractivity contribution is 0.0822. The van der Waals surface area contributed by atoms with Crippen LogP contribution >= 0.6 is 11.3 Å². The van der Waals surface area contributed by atoms with Crippen molar-refractivity contribution in [2.75, 3.05) is 44.4 Å². The van der Waals surface area contributed by atoms with Crippen molar-refractivity contribution in [2.45, 2.75) is 38.8 Å². The zero-order valence-electron chi connectivity index (χ0n) is 19.5. The van der Waals surface area contributed by atoms with Gasteiger partial charge in [0.25, 0.3) is 5.91 Å². The van der Waals surface area contributed by atoms with E-state index in [-0.39, 0.29) is 23.8 Å². The Balaban J connectivity index is 1.55. The molecule has 3 aromatic rings. The minimum atomic E-state index is -0.363. The summed E-state index contributed by atoms with van der Waals surface area (Å²) < 4.78 is 1.80. The van der Waals surface area contributed by atoms with Gasteiger partial charge in [0, 0.05) is 50.1 Å². The molecule has 2 atom stereocenters. The molecule has 10 nitrogen and oxygen atoms in total. The third-order valence-electron chi connectivity index (χ3n) is 5.85. The molecular formula is C22H32N8O2S. The summed E-state index contributed by atoms with van der Waals surface area (Å²) >= 11 is 1.45. The lowest BCUT2D eigenvalue weighted by Crippen LogP contribution is -2.43. The Labute approximate surface area is 197 Å². The van der Waals surface area contributed by atoms with E-state index in [2.05, 4.69) is 39.9 Å². The van der Waals surface area contributed by atoms with E-state index < -0.39 is 0 Å². The van der Waals surface area contributed by atoms with Crippen LogP contribution in [0.4, 0.5) is 11.6 Å². The number of rotatable bonds is 8. The van der Waals surface area contributed by atoms with Gasteiger partial charge in [0.15, 0.2) is 5.65 Å². The number of aromatic nitrogens is 4. The molecule has 0 spiro atoms. The summed E-state index contributed by atoms with van der Waals surface area (Å²) in [5.74, 6) is 1.88. The number of piperidine rings is 1. The zero-order chi connectivity index (χ0) is 23.5. The second-order valence-corrected chi connectivity index (χ2v) is 9.84. The largest absolute Gasteiger partial charge is 0.391 e. The Morgan fingerprint density at radius 2 is 2.18 bits per heavy atom. The topological polar surface area (TPSA) is 120 Å². The van der Waals surface area contributed by atoms with Gasteiger partial charge in [0.1, 0.15) is 22.3 Å². The highest BCUT2D eigenvalue weighted by molar-refractivity contribution is 7.09. The van der Waals surface area contributed by atoms with E-state index >= 15 is 0 Å². The Hall–Kier alpha value is -2.76. The van der Waals surface area contributed by atoms with Gasteiger partial charge in [-0.15, -0.1) is 11.3 Å². The van der Waals surface area contributed by atoms with Crippen molar-refractivity contribution in [3.63, 3.8) is 0 Å². The number of nitrogens with zero attached hydrogens (tertiary/aromatic N) is 5. The van der Waals surface area contributed by atoms with Crippen LogP contribution < -0.4 is 16.0 Å². The number of hydrogen-bond donors (Lipinski definition) is 4. The molecule has 4 heterocycles. The number of nitrogens with one attached hydrogen (secondary N) is 3. The first-order valence-electron chi connectivity index (χ1n) is 11.2. The Morgan fingerprint density at radius 1 is 1.36 bits per heavy atom. The lowest BCUT2D eigenvalue weighted by Gasteiger charge is -2.28. The number of anilines is 2. The number of thiazole rings is 1. The van der Waals surface area contributed by atoms with Gasteiger partial charge < -0.3 is 26.0 Å². The quantitative estimate of drug-likeness (QED) is 0.393. The maximum Gasteiger partial charge on any atom is 0.272 e. The monoisotopic (exact) mass is 472 g/mol. The van der Waals surface area contributed by atoms with Crippen LogP contribution in [0.3, 0.4) is 0 Å². The first kappa shape index (κ1) is 23.4. The SMILES string of the molecule is CC(C)c1cnn2c(NCc3nc(C(=O)N(C)C)cs3)cc(NC[C@H]3CCNC[C@@H]3O)nc12. The molecule has 0 aliphatic carbocycles. The molecule has 1 amide bonds. The fourth-order valence-electron chi connectivity index (χ4n) is 3.86. The molecular weight excluding hydrogens is 440 g/mol. The molecule has 11 heteroatoms. The number of carbonyl (C=O) groups is 1. The minimum Gasteiger partial charge on any atom is -0.391 e. The Kier molecular flexibility index (Phi) is 7.11. The fourth-order valence-corrected chi connectivity index (χ4v) is 4.57. The number of fused-ring (bicyclic) bond motifs is 1. The number of aliphatic hydroxyl groups excluding tert-OH is 1. The molecule has 1 aliphatic heterocycles. The number of hydrogen-bond acceptors (Lipinski definition) is 9. The van der Waals surface area contributed by atoms with Crippen molar-refractivity contribution < 1.29 is 9.90 Å². The van der Waals surface area contributed by atoms with Crippen LogP contribution in [0.1, 0.15) is 47.2 Å². The van der Waals surface area contributed by atoms with Gasteiger partial charge in [-0.2, -0.15) is 9.61 Å². The van der Waals surface area contributed by atoms with Gasteiger partial charge in [-0.25, -0.2) is 9.97 Å². The Morgan fingerprint density at radius 3 is 2.91 bits per heavy atom. The number of β-amino-alcohol motifs (C(OH)–C–C–N with tert-alkyl or cyclic N) is 1. The Bertz CT molecular complexity index is 1110. The van der Waals surface area contributed by atoms with Gasteiger partial charge >= 0.3 is 0 Å². The predicted octanol–water partition coefficient (Wildman–Crippen LogP) is 2.01. The normalized spacial score (nSPS) is 18.6. The number of amides is 1. The number of aliphatic hydroxyl groups is 1. The summed E-state index contributed by atoms with van der Waals surface area (Å²) in [5, 5.41) is 27.4. The van der Waals surface area contributed by atoms with Crippen LogP contribution in [0.2, 0.25) is 0 Å². The second kappa shape index (κ2) is 10.0. The molecule has 0 unspecified atom stereocenters. The summed E-state index contributed by atoms with van der Waals surface area (Å²) in [7, 11) is 3.43. The molecule has 0 aromatic carbocycles. The van der Waals surface area contributed by atoms with Gasteiger partial charge in [-0.05, 0) is 18.9 Å². The van der Waals surface area contributed by atoms with E-state index in [9.17, 15) is 9.90 Å². The molecule has 1 saturated heterocycles. The summed E-state index contributed by atoms with van der Waals surface area (Å²) in [6.07, 6.45) is 2.41. The maximum atomic E-state index is 12.1. The minimum absolute atomic E-state index is 0.107. The van der Waals surface area contributed by atoms with Crippen molar-refractivity contribution in [3.8, 4) is 0 Å². The summed E-state index contributed by atoms with van der Waals surface area (Å²) in [5.41, 5.74) is 2.31. The molecule has 33 heavy (non-hydrogen) atoms. The van der Waals surface area contributed by atoms with Crippen LogP contribution in [0.15, 0.2) is 17.6 Å². The standard InChI is InChI=1S/C22H32N8O2S/c1-13(2)15-9-26-30-19(25-11-20-27-16(12-33-20)22(32)29(3)4)7-18(28-21(15)30)24-8-14-5-6-23-10-17(14)31/h7,9,12-14,17,23,25,31H,5-6,8,10-11H2,1-4H3,(H,24,28)/t14-,17+/m1/s1. The first-order valence-corrected chi connectivity index (χ1v) is 12.1. The molecule has 3 aromatic heterocycles. The molecule has 4 N–H and O–H groups in total. The average Bonchev–Trinajstić information content (AvgIpc) is 3.43. The average molecular weight is 473 g/mol. The molecule has 1 fully saturated rings. The van der Waals surface area contributed by atoms with Gasteiger partial charge in [0.2, 0.25) is 0 Å². The molecule has 0 radical (unpaired) electrons. The lowest BCUT2D eigenvalue weighted by atomic mass is 9.95. The highest BCUT2D eigenvalue weighted by Crippen LogP contribution is 2.25. The summed E-state index contributed by atoms with van der Waals surface area (Å²) in [4.78, 5) is 22.9. The van der Waals surface area contributed by atoms with E-state index in [1.54, 1.807) is 24.0 Å². The molecule has 0 bridgehead atoms. The van der Waals surface area contributed by atoms with Gasteiger partial charge in [-0.3, -0.25) is 4.79 Å². The summed E-state index contributed by atoms with van der Waals surface area (Å²) in [6.45, 7) is 6.89. The highest BCUT2D eigenvalue weighted by atomic mass is 32.1. The molecule has 178 valence electrons. The van der Waals surface area contributed by atoms with Crippen LogP contribution in [0.5, 0.6) is 0 Å². The number of carbonyl (C=O) groups excluding carboxylic acids is 1. The van der Waals surface area contributed by atoms with Crippen molar-refractivity contribution in [1.82, 2.24) is 29.8 Å². The molecule has 4 rings (SSSR count). The first-order chi connectivity index (χ1) is 15.8. The van der Waals surface area contributed by atoms with Crippen molar-refractivity contribution in [3.05, 3.63) is 33.9 Å². The van der Waals surface area contributed by atoms with E-state index in [0.29, 0.717) is 25.3 Å². The molecule has 1 aliphatic rings. The van der Waals surface area contributed by atoms with Crippen molar-refractivity contribution in [2.24, 2.45) is 5.92 Å². The predicted molar refractivity (Wildman–Crippen MR) is 130 cm³/mol. The second-order valence-electron chi connectivity index (χ2n) is 8.90. The van der Waals surface area contributed by atoms with Crippen LogP contribution in [-0.2, 0) is 6.54 Å². The third-order valence-corrected chi connectivity index (χ3v) is 6.70. The van der Waals surface area contributed by atoms with E-state index in [1.165, 1.54) is 16.2 Å². The van der Waals surface area contributed by atoms with Gasteiger partial charge in [0.05, 0.1) is 18.8 Å². The van der Waals surface area contributed by atoms with E-state index in [1.807, 2.05) is 12.3 Å². The van der Waals surface area contributed by atoms with E-state index in [0.717, 1.165) is 40.8 Å².